The number of carboxylic acid groups (broad SMARTS) is 1. The summed E-state index contributed by atoms with van der Waals surface area (Å²) in [5, 5.41) is 21.5. The first-order chi connectivity index (χ1) is 15.9. The molecule has 0 saturated carbocycles. The fourth-order valence-corrected chi connectivity index (χ4v) is 3.23. The van der Waals surface area contributed by atoms with Crippen LogP contribution in [-0.4, -0.2) is 30.7 Å². The lowest BCUT2D eigenvalue weighted by atomic mass is 10.0. The molecule has 0 aliphatic carbocycles. The number of methoxy groups -OCH3 is 1. The van der Waals surface area contributed by atoms with Gasteiger partial charge in [-0.1, -0.05) is 41.9 Å². The quantitative estimate of drug-likeness (QED) is 0.355. The number of para-hydroxylation sites is 1. The van der Waals surface area contributed by atoms with Crippen molar-refractivity contribution in [3.63, 3.8) is 0 Å². The molecule has 3 aromatic rings. The molecular formula is C25H19ClN2O5. The van der Waals surface area contributed by atoms with Gasteiger partial charge in [0.1, 0.15) is 0 Å². The van der Waals surface area contributed by atoms with Crippen molar-refractivity contribution in [1.29, 1.82) is 5.26 Å². The van der Waals surface area contributed by atoms with Crippen LogP contribution >= 0.6 is 11.6 Å². The Kier molecular flexibility index (Phi) is 7.68. The monoisotopic (exact) mass is 462 g/mol. The molecule has 7 nitrogen and oxygen atoms in total. The summed E-state index contributed by atoms with van der Waals surface area (Å²) in [4.78, 5) is 23.2. The number of carboxylic acids is 1. The molecule has 0 spiro atoms. The van der Waals surface area contributed by atoms with Gasteiger partial charge in [0.2, 0.25) is 0 Å². The van der Waals surface area contributed by atoms with Crippen LogP contribution in [0.5, 0.6) is 11.5 Å². The van der Waals surface area contributed by atoms with Crippen molar-refractivity contribution in [2.75, 3.05) is 19.0 Å². The molecule has 2 N–H and O–H groups in total. The Morgan fingerprint density at radius 3 is 2.36 bits per heavy atom. The molecule has 0 aromatic heterocycles. The molecule has 3 rings (SSSR count). The van der Waals surface area contributed by atoms with E-state index in [9.17, 15) is 14.9 Å². The van der Waals surface area contributed by atoms with Gasteiger partial charge < -0.3 is 19.9 Å². The molecule has 0 fully saturated rings. The first-order valence-corrected chi connectivity index (χ1v) is 10.1. The van der Waals surface area contributed by atoms with E-state index in [1.807, 2.05) is 6.07 Å². The fraction of sp³-hybridized carbons (Fsp3) is 0.0800. The number of rotatable bonds is 8. The average molecular weight is 463 g/mol. The highest BCUT2D eigenvalue weighted by molar-refractivity contribution is 6.32. The first kappa shape index (κ1) is 23.4. The lowest BCUT2D eigenvalue weighted by Crippen LogP contribution is -2.20. The molecule has 33 heavy (non-hydrogen) atoms. The first-order valence-electron chi connectivity index (χ1n) is 9.72. The number of amides is 1. The van der Waals surface area contributed by atoms with Crippen LogP contribution in [-0.2, 0) is 4.79 Å². The van der Waals surface area contributed by atoms with Gasteiger partial charge in [0, 0.05) is 5.69 Å². The van der Waals surface area contributed by atoms with Crippen molar-refractivity contribution < 1.29 is 24.2 Å². The summed E-state index contributed by atoms with van der Waals surface area (Å²) in [5.41, 5.74) is 2.19. The van der Waals surface area contributed by atoms with Crippen molar-refractivity contribution in [2.24, 2.45) is 0 Å². The van der Waals surface area contributed by atoms with E-state index in [0.29, 0.717) is 28.1 Å². The number of benzene rings is 3. The Morgan fingerprint density at radius 2 is 1.76 bits per heavy atom. The van der Waals surface area contributed by atoms with Crippen molar-refractivity contribution in [3.8, 4) is 17.6 Å². The van der Waals surface area contributed by atoms with Gasteiger partial charge in [-0.05, 0) is 53.6 Å². The van der Waals surface area contributed by atoms with E-state index in [1.54, 1.807) is 54.6 Å². The van der Waals surface area contributed by atoms with E-state index >= 15 is 0 Å². The molecule has 0 saturated heterocycles. The molecule has 0 aliphatic rings. The van der Waals surface area contributed by atoms with E-state index < -0.39 is 5.97 Å². The number of nitrogens with zero attached hydrogens (tertiary/aromatic N) is 1. The van der Waals surface area contributed by atoms with Crippen LogP contribution in [0.4, 0.5) is 5.69 Å². The number of nitrogens with one attached hydrogen (secondary N) is 1. The standard InChI is InChI=1S/C25H19ClN2O5/c1-32-22-13-16(11-19(14-27)17-7-9-18(10-8-17)25(30)31)12-21(26)24(22)33-15-23(29)28-20-5-3-2-4-6-20/h2-13H,15H2,1H3,(H,28,29)(H,30,31)/b19-11-. The summed E-state index contributed by atoms with van der Waals surface area (Å²) in [6.07, 6.45) is 1.59. The number of hydrogen-bond donors (Lipinski definition) is 2. The van der Waals surface area contributed by atoms with Crippen molar-refractivity contribution in [2.45, 2.75) is 0 Å². The van der Waals surface area contributed by atoms with E-state index in [2.05, 4.69) is 11.4 Å². The van der Waals surface area contributed by atoms with Crippen LogP contribution in [0.1, 0.15) is 21.5 Å². The third kappa shape index (κ3) is 6.12. The molecule has 8 heteroatoms. The van der Waals surface area contributed by atoms with E-state index in [4.69, 9.17) is 26.2 Å². The van der Waals surface area contributed by atoms with Crippen molar-refractivity contribution in [3.05, 3.63) is 88.4 Å². The van der Waals surface area contributed by atoms with Crippen LogP contribution in [0.3, 0.4) is 0 Å². The minimum Gasteiger partial charge on any atom is -0.493 e. The van der Waals surface area contributed by atoms with E-state index in [0.717, 1.165) is 0 Å². The maximum atomic E-state index is 12.2. The van der Waals surface area contributed by atoms with Crippen LogP contribution in [0.15, 0.2) is 66.7 Å². The van der Waals surface area contributed by atoms with Gasteiger partial charge in [-0.15, -0.1) is 0 Å². The Morgan fingerprint density at radius 1 is 1.09 bits per heavy atom. The maximum absolute atomic E-state index is 12.2. The number of carbonyl (C=O) groups excluding carboxylic acids is 1. The van der Waals surface area contributed by atoms with Gasteiger partial charge in [-0.3, -0.25) is 4.79 Å². The van der Waals surface area contributed by atoms with Gasteiger partial charge in [0.15, 0.2) is 18.1 Å². The van der Waals surface area contributed by atoms with Crippen LogP contribution in [0.25, 0.3) is 11.6 Å². The third-order valence-electron chi connectivity index (χ3n) is 4.53. The number of nitriles is 1. The van der Waals surface area contributed by atoms with Gasteiger partial charge in [-0.25, -0.2) is 4.79 Å². The number of halogens is 1. The van der Waals surface area contributed by atoms with E-state index in [-0.39, 0.29) is 28.8 Å². The van der Waals surface area contributed by atoms with Crippen LogP contribution < -0.4 is 14.8 Å². The summed E-state index contributed by atoms with van der Waals surface area (Å²) >= 11 is 6.37. The minimum absolute atomic E-state index is 0.124. The van der Waals surface area contributed by atoms with Gasteiger partial charge >= 0.3 is 5.97 Å². The van der Waals surface area contributed by atoms with Crippen molar-refractivity contribution >= 4 is 40.8 Å². The van der Waals surface area contributed by atoms with E-state index in [1.165, 1.54) is 19.2 Å². The summed E-state index contributed by atoms with van der Waals surface area (Å²) < 4.78 is 11.0. The predicted molar refractivity (Wildman–Crippen MR) is 125 cm³/mol. The second-order valence-corrected chi connectivity index (χ2v) is 7.20. The van der Waals surface area contributed by atoms with Crippen LogP contribution in [0.2, 0.25) is 5.02 Å². The zero-order valence-corrected chi connectivity index (χ0v) is 18.3. The second-order valence-electron chi connectivity index (χ2n) is 6.79. The Labute approximate surface area is 195 Å². The third-order valence-corrected chi connectivity index (χ3v) is 4.81. The van der Waals surface area contributed by atoms with Crippen molar-refractivity contribution in [1.82, 2.24) is 0 Å². The molecule has 0 aliphatic heterocycles. The average Bonchev–Trinajstić information content (AvgIpc) is 2.82. The fourth-order valence-electron chi connectivity index (χ4n) is 2.96. The number of ether oxygens (including phenoxy) is 2. The van der Waals surface area contributed by atoms with Crippen LogP contribution in [0, 0.1) is 11.3 Å². The van der Waals surface area contributed by atoms with Gasteiger partial charge in [-0.2, -0.15) is 5.26 Å². The smallest absolute Gasteiger partial charge is 0.335 e. The lowest BCUT2D eigenvalue weighted by Gasteiger charge is -2.13. The SMILES string of the molecule is COc1cc(/C=C(/C#N)c2ccc(C(=O)O)cc2)cc(Cl)c1OCC(=O)Nc1ccccc1. The Balaban J connectivity index is 1.79. The topological polar surface area (TPSA) is 109 Å². The number of anilines is 1. The van der Waals surface area contributed by atoms with Gasteiger partial charge in [0.25, 0.3) is 5.91 Å². The molecule has 1 amide bonds. The highest BCUT2D eigenvalue weighted by atomic mass is 35.5. The molecule has 0 atom stereocenters. The Hall–Kier alpha value is -4.28. The Bertz CT molecular complexity index is 1230. The number of allylic oxidation sites excluding steroid dienone is 1. The summed E-state index contributed by atoms with van der Waals surface area (Å²) in [5.74, 6) is -0.919. The molecule has 0 radical (unpaired) electrons. The molecule has 0 heterocycles. The summed E-state index contributed by atoms with van der Waals surface area (Å²) in [7, 11) is 1.44. The minimum atomic E-state index is -1.05. The normalized spacial score (nSPS) is 10.8. The summed E-state index contributed by atoms with van der Waals surface area (Å²) in [6.45, 7) is -0.278. The van der Waals surface area contributed by atoms with Gasteiger partial charge in [0.05, 0.1) is 29.3 Å². The molecular weight excluding hydrogens is 444 g/mol. The number of hydrogen-bond acceptors (Lipinski definition) is 5. The second kappa shape index (κ2) is 10.8. The zero-order valence-electron chi connectivity index (χ0n) is 17.5. The molecule has 0 unspecified atom stereocenters. The predicted octanol–water partition coefficient (Wildman–Crippen LogP) is 5.13. The molecule has 0 bridgehead atoms. The lowest BCUT2D eigenvalue weighted by molar-refractivity contribution is -0.118. The molecule has 166 valence electrons. The number of carbonyl (C=O) groups is 2. The largest absolute Gasteiger partial charge is 0.493 e. The number of aromatic carboxylic acids is 1. The zero-order chi connectivity index (χ0) is 23.8. The highest BCUT2D eigenvalue weighted by Gasteiger charge is 2.14. The maximum Gasteiger partial charge on any atom is 0.335 e. The highest BCUT2D eigenvalue weighted by Crippen LogP contribution is 2.37. The summed E-state index contributed by atoms with van der Waals surface area (Å²) in [6, 6.07) is 20.2. The molecule has 3 aromatic carbocycles.